The van der Waals surface area contributed by atoms with E-state index in [0.717, 1.165) is 11.4 Å². The summed E-state index contributed by atoms with van der Waals surface area (Å²) in [7, 11) is 0. The Morgan fingerprint density at radius 2 is 2.18 bits per heavy atom. The van der Waals surface area contributed by atoms with Crippen molar-refractivity contribution in [1.29, 1.82) is 0 Å². The number of hydrogen-bond acceptors (Lipinski definition) is 4. The molecule has 0 unspecified atom stereocenters. The van der Waals surface area contributed by atoms with Crippen LogP contribution < -0.4 is 11.1 Å². The molecular formula is C11H17N3O2S. The number of thiazole rings is 1. The van der Waals surface area contributed by atoms with Crippen LogP contribution in [0.1, 0.15) is 35.5 Å². The Balaban J connectivity index is 2.58. The maximum atomic E-state index is 11.8. The van der Waals surface area contributed by atoms with Crippen LogP contribution in [-0.4, -0.2) is 23.3 Å². The Kier molecular flexibility index (Phi) is 4.22. The number of hydrogen-bond donors (Lipinski definition) is 2. The van der Waals surface area contributed by atoms with Crippen molar-refractivity contribution in [2.24, 2.45) is 11.1 Å². The molecular weight excluding hydrogens is 238 g/mol. The fourth-order valence-corrected chi connectivity index (χ4v) is 1.83. The fourth-order valence-electron chi connectivity index (χ4n) is 1.05. The Labute approximate surface area is 104 Å². The number of aromatic nitrogens is 1. The van der Waals surface area contributed by atoms with Crippen LogP contribution in [-0.2, 0) is 11.2 Å². The van der Waals surface area contributed by atoms with Crippen molar-refractivity contribution in [2.45, 2.75) is 27.2 Å². The van der Waals surface area contributed by atoms with Crippen molar-refractivity contribution in [2.75, 3.05) is 6.54 Å². The molecule has 0 aliphatic rings. The number of nitrogens with two attached hydrogens (primary N) is 1. The standard InChI is InChI=1S/C11H17N3O2S/c1-4-8-13-5-7(17-8)9(15)14-6-11(2,3)10(12)16/h5H,4,6H2,1-3H3,(H2,12,16)(H,14,15). The van der Waals surface area contributed by atoms with Crippen LogP contribution in [0.4, 0.5) is 0 Å². The van der Waals surface area contributed by atoms with Gasteiger partial charge in [0.15, 0.2) is 0 Å². The summed E-state index contributed by atoms with van der Waals surface area (Å²) in [6, 6.07) is 0. The first kappa shape index (κ1) is 13.6. The number of rotatable bonds is 5. The Morgan fingerprint density at radius 1 is 1.53 bits per heavy atom. The fraction of sp³-hybridized carbons (Fsp3) is 0.545. The lowest BCUT2D eigenvalue weighted by Gasteiger charge is -2.20. The summed E-state index contributed by atoms with van der Waals surface area (Å²) in [5, 5.41) is 3.61. The third-order valence-corrected chi connectivity index (χ3v) is 3.58. The summed E-state index contributed by atoms with van der Waals surface area (Å²) in [4.78, 5) is 27.5. The van der Waals surface area contributed by atoms with E-state index < -0.39 is 11.3 Å². The summed E-state index contributed by atoms with van der Waals surface area (Å²) >= 11 is 1.36. The predicted molar refractivity (Wildman–Crippen MR) is 66.8 cm³/mol. The minimum Gasteiger partial charge on any atom is -0.369 e. The van der Waals surface area contributed by atoms with Crippen LogP contribution in [0.15, 0.2) is 6.20 Å². The zero-order chi connectivity index (χ0) is 13.1. The van der Waals surface area contributed by atoms with Gasteiger partial charge < -0.3 is 11.1 Å². The molecule has 0 aromatic carbocycles. The normalized spacial score (nSPS) is 11.2. The molecule has 1 heterocycles. The van der Waals surface area contributed by atoms with Crippen molar-refractivity contribution in [3.8, 4) is 0 Å². The van der Waals surface area contributed by atoms with Crippen molar-refractivity contribution in [3.63, 3.8) is 0 Å². The van der Waals surface area contributed by atoms with E-state index in [4.69, 9.17) is 5.73 Å². The third-order valence-electron chi connectivity index (χ3n) is 2.44. The number of nitrogens with one attached hydrogen (secondary N) is 1. The molecule has 0 saturated carbocycles. The van der Waals surface area contributed by atoms with E-state index in [1.165, 1.54) is 11.3 Å². The average molecular weight is 255 g/mol. The first-order valence-corrected chi connectivity index (χ1v) is 6.21. The van der Waals surface area contributed by atoms with Gasteiger partial charge in [-0.3, -0.25) is 9.59 Å². The summed E-state index contributed by atoms with van der Waals surface area (Å²) < 4.78 is 0. The molecule has 1 aromatic rings. The molecule has 0 atom stereocenters. The highest BCUT2D eigenvalue weighted by molar-refractivity contribution is 7.13. The summed E-state index contributed by atoms with van der Waals surface area (Å²) in [6.07, 6.45) is 2.36. The van der Waals surface area contributed by atoms with Crippen LogP contribution in [0.25, 0.3) is 0 Å². The Bertz CT molecular complexity index is 426. The number of amides is 2. The highest BCUT2D eigenvalue weighted by atomic mass is 32.1. The van der Waals surface area contributed by atoms with E-state index in [2.05, 4.69) is 10.3 Å². The maximum absolute atomic E-state index is 11.8. The first-order valence-electron chi connectivity index (χ1n) is 5.39. The lowest BCUT2D eigenvalue weighted by Crippen LogP contribution is -2.42. The molecule has 3 N–H and O–H groups in total. The van der Waals surface area contributed by atoms with Gasteiger partial charge in [0.25, 0.3) is 5.91 Å². The monoisotopic (exact) mass is 255 g/mol. The molecule has 0 bridgehead atoms. The highest BCUT2D eigenvalue weighted by Crippen LogP contribution is 2.15. The summed E-state index contributed by atoms with van der Waals surface area (Å²) in [5.74, 6) is -0.645. The number of carbonyl (C=O) groups excluding carboxylic acids is 2. The number of primary amides is 1. The van der Waals surface area contributed by atoms with E-state index in [1.54, 1.807) is 20.0 Å². The van der Waals surface area contributed by atoms with Crippen molar-refractivity contribution in [1.82, 2.24) is 10.3 Å². The van der Waals surface area contributed by atoms with Gasteiger partial charge in [-0.1, -0.05) is 6.92 Å². The van der Waals surface area contributed by atoms with Crippen molar-refractivity contribution >= 4 is 23.2 Å². The molecule has 1 rings (SSSR count). The van der Waals surface area contributed by atoms with E-state index in [9.17, 15) is 9.59 Å². The van der Waals surface area contributed by atoms with Gasteiger partial charge in [0.05, 0.1) is 16.6 Å². The van der Waals surface area contributed by atoms with Gasteiger partial charge in [0.1, 0.15) is 4.88 Å². The van der Waals surface area contributed by atoms with Crippen LogP contribution in [0.3, 0.4) is 0 Å². The minimum atomic E-state index is -0.742. The topological polar surface area (TPSA) is 85.1 Å². The molecule has 6 heteroatoms. The predicted octanol–water partition coefficient (Wildman–Crippen LogP) is 0.947. The van der Waals surface area contributed by atoms with Gasteiger partial charge in [-0.05, 0) is 20.3 Å². The number of nitrogens with zero attached hydrogens (tertiary/aromatic N) is 1. The zero-order valence-corrected chi connectivity index (χ0v) is 11.1. The van der Waals surface area contributed by atoms with E-state index in [0.29, 0.717) is 4.88 Å². The third kappa shape index (κ3) is 3.52. The van der Waals surface area contributed by atoms with Crippen molar-refractivity contribution < 1.29 is 9.59 Å². The second kappa shape index (κ2) is 5.27. The quantitative estimate of drug-likeness (QED) is 0.821. The number of aryl methyl sites for hydroxylation is 1. The second-order valence-electron chi connectivity index (χ2n) is 4.40. The molecule has 0 fully saturated rings. The van der Waals surface area contributed by atoms with Crippen LogP contribution in [0.2, 0.25) is 0 Å². The Hall–Kier alpha value is -1.43. The van der Waals surface area contributed by atoms with Gasteiger partial charge in [0.2, 0.25) is 5.91 Å². The summed E-state index contributed by atoms with van der Waals surface area (Å²) in [5.41, 5.74) is 4.48. The first-order chi connectivity index (χ1) is 7.86. The minimum absolute atomic E-state index is 0.212. The van der Waals surface area contributed by atoms with Crippen LogP contribution >= 0.6 is 11.3 Å². The summed E-state index contributed by atoms with van der Waals surface area (Å²) in [6.45, 7) is 5.59. The van der Waals surface area contributed by atoms with E-state index in [1.807, 2.05) is 6.92 Å². The number of carbonyl (C=O) groups is 2. The molecule has 0 aliphatic heterocycles. The zero-order valence-electron chi connectivity index (χ0n) is 10.2. The lowest BCUT2D eigenvalue weighted by atomic mass is 9.93. The van der Waals surface area contributed by atoms with Crippen LogP contribution in [0.5, 0.6) is 0 Å². The largest absolute Gasteiger partial charge is 0.369 e. The van der Waals surface area contributed by atoms with Gasteiger partial charge >= 0.3 is 0 Å². The van der Waals surface area contributed by atoms with Crippen molar-refractivity contribution in [3.05, 3.63) is 16.1 Å². The molecule has 17 heavy (non-hydrogen) atoms. The van der Waals surface area contributed by atoms with Gasteiger partial charge in [0, 0.05) is 6.54 Å². The maximum Gasteiger partial charge on any atom is 0.263 e. The molecule has 2 amide bonds. The lowest BCUT2D eigenvalue weighted by molar-refractivity contribution is -0.125. The molecule has 0 aliphatic carbocycles. The van der Waals surface area contributed by atoms with Crippen LogP contribution in [0, 0.1) is 5.41 Å². The van der Waals surface area contributed by atoms with E-state index >= 15 is 0 Å². The Morgan fingerprint density at radius 3 is 2.65 bits per heavy atom. The molecule has 5 nitrogen and oxygen atoms in total. The van der Waals surface area contributed by atoms with Gasteiger partial charge in [-0.25, -0.2) is 4.98 Å². The molecule has 0 radical (unpaired) electrons. The van der Waals surface area contributed by atoms with E-state index in [-0.39, 0.29) is 12.5 Å². The molecule has 1 aromatic heterocycles. The molecule has 0 saturated heterocycles. The highest BCUT2D eigenvalue weighted by Gasteiger charge is 2.25. The van der Waals surface area contributed by atoms with Gasteiger partial charge in [-0.2, -0.15) is 0 Å². The average Bonchev–Trinajstić information content (AvgIpc) is 2.74. The smallest absolute Gasteiger partial charge is 0.263 e. The SMILES string of the molecule is CCc1ncc(C(=O)NCC(C)(C)C(N)=O)s1. The molecule has 94 valence electrons. The van der Waals surface area contributed by atoms with Gasteiger partial charge in [-0.15, -0.1) is 11.3 Å². The molecule has 0 spiro atoms. The second-order valence-corrected chi connectivity index (χ2v) is 5.52.